The van der Waals surface area contributed by atoms with E-state index >= 15 is 0 Å². The zero-order chi connectivity index (χ0) is 15.4. The Balaban J connectivity index is 1.90. The lowest BCUT2D eigenvalue weighted by Crippen LogP contribution is -2.49. The van der Waals surface area contributed by atoms with Gasteiger partial charge in [0.1, 0.15) is 5.75 Å². The number of hydrogen-bond acceptors (Lipinski definition) is 3. The first-order valence-corrected chi connectivity index (χ1v) is 8.84. The standard InChI is InChI=1S/C15H20ClNO3S/c1-11-7-17(8-12(2)20-11)15(18)10-21(19)9-13-5-3-4-6-14(13)16/h3-6,11-12H,7-10H2,1-2H3/t11-,12+,21-/m0/s1. The predicted octanol–water partition coefficient (Wildman–Crippen LogP) is 2.22. The Morgan fingerprint density at radius 1 is 1.33 bits per heavy atom. The highest BCUT2D eigenvalue weighted by atomic mass is 35.5. The van der Waals surface area contributed by atoms with Crippen LogP contribution in [0, 0.1) is 0 Å². The van der Waals surface area contributed by atoms with Gasteiger partial charge in [-0.1, -0.05) is 29.8 Å². The van der Waals surface area contributed by atoms with Gasteiger partial charge in [0.15, 0.2) is 0 Å². The molecular weight excluding hydrogens is 310 g/mol. The van der Waals surface area contributed by atoms with Gasteiger partial charge in [0.2, 0.25) is 5.91 Å². The Morgan fingerprint density at radius 3 is 2.57 bits per heavy atom. The van der Waals surface area contributed by atoms with Gasteiger partial charge in [-0.25, -0.2) is 0 Å². The summed E-state index contributed by atoms with van der Waals surface area (Å²) in [6.07, 6.45) is 0.0457. The molecule has 0 aliphatic carbocycles. The highest BCUT2D eigenvalue weighted by molar-refractivity contribution is 7.84. The zero-order valence-corrected chi connectivity index (χ0v) is 13.8. The van der Waals surface area contributed by atoms with Gasteiger partial charge >= 0.3 is 0 Å². The summed E-state index contributed by atoms with van der Waals surface area (Å²) in [5.74, 6) is 0.258. The molecule has 1 aromatic rings. The number of rotatable bonds is 4. The second-order valence-corrected chi connectivity index (χ2v) is 7.24. The van der Waals surface area contributed by atoms with Crippen LogP contribution in [0.4, 0.5) is 0 Å². The van der Waals surface area contributed by atoms with Crippen molar-refractivity contribution in [3.8, 4) is 0 Å². The molecule has 3 atom stereocenters. The summed E-state index contributed by atoms with van der Waals surface area (Å²) >= 11 is 6.05. The van der Waals surface area contributed by atoms with Crippen LogP contribution < -0.4 is 0 Å². The molecule has 0 saturated carbocycles. The summed E-state index contributed by atoms with van der Waals surface area (Å²) < 4.78 is 17.8. The van der Waals surface area contributed by atoms with E-state index in [0.29, 0.717) is 23.9 Å². The third-order valence-corrected chi connectivity index (χ3v) is 4.90. The van der Waals surface area contributed by atoms with E-state index in [9.17, 15) is 9.00 Å². The van der Waals surface area contributed by atoms with Crippen molar-refractivity contribution in [3.05, 3.63) is 34.9 Å². The van der Waals surface area contributed by atoms with E-state index in [4.69, 9.17) is 16.3 Å². The van der Waals surface area contributed by atoms with Crippen LogP contribution in [-0.4, -0.2) is 46.1 Å². The first-order chi connectivity index (χ1) is 9.95. The van der Waals surface area contributed by atoms with Gasteiger partial charge in [-0.3, -0.25) is 9.00 Å². The molecule has 21 heavy (non-hydrogen) atoms. The molecule has 116 valence electrons. The van der Waals surface area contributed by atoms with Crippen molar-refractivity contribution in [2.75, 3.05) is 18.8 Å². The summed E-state index contributed by atoms with van der Waals surface area (Å²) in [7, 11) is -1.25. The van der Waals surface area contributed by atoms with E-state index in [1.54, 1.807) is 11.0 Å². The van der Waals surface area contributed by atoms with Gasteiger partial charge in [-0.15, -0.1) is 0 Å². The van der Waals surface area contributed by atoms with E-state index in [1.165, 1.54) is 0 Å². The second-order valence-electron chi connectivity index (χ2n) is 5.38. The molecule has 1 heterocycles. The number of carbonyl (C=O) groups is 1. The fourth-order valence-corrected chi connectivity index (χ4v) is 3.89. The van der Waals surface area contributed by atoms with Crippen molar-refractivity contribution in [1.82, 2.24) is 4.90 Å². The van der Waals surface area contributed by atoms with Gasteiger partial charge in [0, 0.05) is 28.9 Å². The number of morpholine rings is 1. The topological polar surface area (TPSA) is 46.6 Å². The Morgan fingerprint density at radius 2 is 1.95 bits per heavy atom. The fourth-order valence-electron chi connectivity index (χ4n) is 2.45. The van der Waals surface area contributed by atoms with Crippen LogP contribution in [0.2, 0.25) is 5.02 Å². The van der Waals surface area contributed by atoms with E-state index in [1.807, 2.05) is 32.0 Å². The number of benzene rings is 1. The molecule has 0 N–H and O–H groups in total. The minimum Gasteiger partial charge on any atom is -0.372 e. The van der Waals surface area contributed by atoms with Crippen molar-refractivity contribution in [3.63, 3.8) is 0 Å². The molecular formula is C15H20ClNO3S. The number of halogens is 1. The zero-order valence-electron chi connectivity index (χ0n) is 12.3. The van der Waals surface area contributed by atoms with Crippen molar-refractivity contribution in [2.45, 2.75) is 31.8 Å². The maximum Gasteiger partial charge on any atom is 0.235 e. The first-order valence-electron chi connectivity index (χ1n) is 6.97. The van der Waals surface area contributed by atoms with Gasteiger partial charge in [-0.2, -0.15) is 0 Å². The number of carbonyl (C=O) groups excluding carboxylic acids is 1. The normalized spacial score (nSPS) is 23.9. The SMILES string of the molecule is C[C@@H]1CN(C(=O)C[S@@](=O)Cc2ccccc2Cl)C[C@H](C)O1. The van der Waals surface area contributed by atoms with Gasteiger partial charge in [0.05, 0.1) is 18.0 Å². The smallest absolute Gasteiger partial charge is 0.235 e. The quantitative estimate of drug-likeness (QED) is 0.851. The van der Waals surface area contributed by atoms with E-state index in [0.717, 1.165) is 5.56 Å². The molecule has 6 heteroatoms. The molecule has 0 aromatic heterocycles. The van der Waals surface area contributed by atoms with Crippen molar-refractivity contribution in [1.29, 1.82) is 0 Å². The van der Waals surface area contributed by atoms with Crippen LogP contribution in [0.5, 0.6) is 0 Å². The second kappa shape index (κ2) is 7.38. The van der Waals surface area contributed by atoms with Crippen LogP contribution in [0.1, 0.15) is 19.4 Å². The fraction of sp³-hybridized carbons (Fsp3) is 0.533. The molecule has 1 aromatic carbocycles. The Labute approximate surface area is 132 Å². The number of nitrogens with zero attached hydrogens (tertiary/aromatic N) is 1. The summed E-state index contributed by atoms with van der Waals surface area (Å²) in [4.78, 5) is 14.0. The highest BCUT2D eigenvalue weighted by Gasteiger charge is 2.26. The molecule has 0 unspecified atom stereocenters. The van der Waals surface area contributed by atoms with Crippen molar-refractivity contribution in [2.24, 2.45) is 0 Å². The Bertz CT molecular complexity index is 527. The Hall–Kier alpha value is -0.910. The Kier molecular flexibility index (Phi) is 5.79. The third kappa shape index (κ3) is 4.80. The monoisotopic (exact) mass is 329 g/mol. The molecule has 1 amide bonds. The summed E-state index contributed by atoms with van der Waals surface area (Å²) in [6.45, 7) is 5.01. The molecule has 1 fully saturated rings. The minimum absolute atomic E-state index is 0.0229. The van der Waals surface area contributed by atoms with Crippen molar-refractivity contribution < 1.29 is 13.7 Å². The molecule has 0 bridgehead atoms. The molecule has 0 spiro atoms. The largest absolute Gasteiger partial charge is 0.372 e. The average molecular weight is 330 g/mol. The van der Waals surface area contributed by atoms with Gasteiger partial charge in [0.25, 0.3) is 0 Å². The summed E-state index contributed by atoms with van der Waals surface area (Å²) in [6, 6.07) is 7.28. The third-order valence-electron chi connectivity index (χ3n) is 3.33. The average Bonchev–Trinajstić information content (AvgIpc) is 2.40. The van der Waals surface area contributed by atoms with Crippen molar-refractivity contribution >= 4 is 28.3 Å². The molecule has 0 radical (unpaired) electrons. The first kappa shape index (κ1) is 16.5. The van der Waals surface area contributed by atoms with Gasteiger partial charge < -0.3 is 9.64 Å². The maximum absolute atomic E-state index is 12.2. The molecule has 1 aliphatic heterocycles. The number of hydrogen-bond donors (Lipinski definition) is 0. The van der Waals surface area contributed by atoms with Gasteiger partial charge in [-0.05, 0) is 25.5 Å². The number of ether oxygens (including phenoxy) is 1. The molecule has 1 aliphatic rings. The van der Waals surface area contributed by atoms with Crippen LogP contribution >= 0.6 is 11.6 Å². The summed E-state index contributed by atoms with van der Waals surface area (Å²) in [5.41, 5.74) is 0.814. The van der Waals surface area contributed by atoms with Crippen LogP contribution in [-0.2, 0) is 26.1 Å². The lowest BCUT2D eigenvalue weighted by Gasteiger charge is -2.35. The summed E-state index contributed by atoms with van der Waals surface area (Å²) in [5, 5.41) is 0.590. The molecule has 4 nitrogen and oxygen atoms in total. The van der Waals surface area contributed by atoms with Crippen LogP contribution in [0.3, 0.4) is 0 Å². The van der Waals surface area contributed by atoms with Crippen LogP contribution in [0.15, 0.2) is 24.3 Å². The van der Waals surface area contributed by atoms with E-state index in [2.05, 4.69) is 0 Å². The minimum atomic E-state index is -1.25. The van der Waals surface area contributed by atoms with Crippen LogP contribution in [0.25, 0.3) is 0 Å². The molecule has 1 saturated heterocycles. The van der Waals surface area contributed by atoms with E-state index < -0.39 is 10.8 Å². The maximum atomic E-state index is 12.2. The lowest BCUT2D eigenvalue weighted by molar-refractivity contribution is -0.140. The lowest BCUT2D eigenvalue weighted by atomic mass is 10.2. The predicted molar refractivity (Wildman–Crippen MR) is 84.8 cm³/mol. The molecule has 2 rings (SSSR count). The highest BCUT2D eigenvalue weighted by Crippen LogP contribution is 2.17. The van der Waals surface area contributed by atoms with E-state index in [-0.39, 0.29) is 23.9 Å². The number of amides is 1.